The minimum atomic E-state index is -3.88. The molecular weight excluding hydrogens is 652 g/mol. The van der Waals surface area contributed by atoms with Gasteiger partial charge in [0.15, 0.2) is 19.7 Å². The summed E-state index contributed by atoms with van der Waals surface area (Å²) in [6.45, 7) is 8.47. The lowest BCUT2D eigenvalue weighted by molar-refractivity contribution is 0.477. The van der Waals surface area contributed by atoms with E-state index in [1.54, 1.807) is 13.8 Å². The Morgan fingerprint density at radius 3 is 1.33 bits per heavy atom. The first-order chi connectivity index (χ1) is 17.3. The smallest absolute Gasteiger partial charge is 0.247 e. The normalized spacial score (nSPS) is 25.4. The highest BCUT2D eigenvalue weighted by Gasteiger charge is 2.40. The van der Waals surface area contributed by atoms with Gasteiger partial charge < -0.3 is 10.6 Å². The topological polar surface area (TPSA) is 213 Å². The van der Waals surface area contributed by atoms with Gasteiger partial charge in [-0.2, -0.15) is 0 Å². The third-order valence-corrected chi connectivity index (χ3v) is 17.0. The number of nitrogens with two attached hydrogens (primary N) is 2. The number of nitrogens with one attached hydrogen (secondary N) is 2. The van der Waals surface area contributed by atoms with Crippen LogP contribution in [0.5, 0.6) is 0 Å². The van der Waals surface area contributed by atoms with Crippen LogP contribution in [-0.2, 0) is 39.7 Å². The summed E-state index contributed by atoms with van der Waals surface area (Å²) >= 11 is 1.48. The molecule has 12 nitrogen and oxygen atoms in total. The van der Waals surface area contributed by atoms with E-state index in [4.69, 9.17) is 10.3 Å². The molecule has 19 heteroatoms. The SMILES string of the molecule is CCN[C@@H]1C[C@H](C)S(=O)(=O)c2sc(S(N)(=O)=O)cc21.CCN[C@H]1C[C@@H](C)S(=O)(=O)c2sc(S(N)(=O)=O)cc21.Cl. The molecule has 0 saturated carbocycles. The molecule has 4 rings (SSSR count). The van der Waals surface area contributed by atoms with Crippen molar-refractivity contribution >= 4 is 74.8 Å². The Morgan fingerprint density at radius 1 is 0.769 bits per heavy atom. The Hall–Kier alpha value is -0.670. The van der Waals surface area contributed by atoms with Crippen LogP contribution in [0.1, 0.15) is 63.7 Å². The first-order valence-electron chi connectivity index (χ1n) is 11.6. The minimum absolute atomic E-state index is 0. The molecule has 2 aliphatic rings. The van der Waals surface area contributed by atoms with E-state index in [1.165, 1.54) is 12.1 Å². The van der Waals surface area contributed by atoms with E-state index < -0.39 is 50.2 Å². The second kappa shape index (κ2) is 12.3. The van der Waals surface area contributed by atoms with Crippen molar-refractivity contribution in [2.75, 3.05) is 13.1 Å². The molecule has 224 valence electrons. The van der Waals surface area contributed by atoms with Gasteiger partial charge in [0.2, 0.25) is 20.0 Å². The lowest BCUT2D eigenvalue weighted by Crippen LogP contribution is -2.33. The number of halogens is 1. The number of fused-ring (bicyclic) bond motifs is 2. The highest BCUT2D eigenvalue weighted by atomic mass is 35.5. The van der Waals surface area contributed by atoms with Gasteiger partial charge in [0.1, 0.15) is 16.8 Å². The number of hydrogen-bond acceptors (Lipinski definition) is 12. The number of sulfonamides is 2. The zero-order valence-corrected chi connectivity index (χ0v) is 27.3. The lowest BCUT2D eigenvalue weighted by atomic mass is 10.1. The Bertz CT molecular complexity index is 1510. The Kier molecular flexibility index (Phi) is 10.9. The standard InChI is InChI=1S/2C10H16N2O4S3.ClH/c2*1-3-12-8-4-6(2)18(13,14)10-7(8)5-9(17-10)19(11,15)16;/h2*5-6,8,12H,3-4H2,1-2H3,(H2,11,15,16);1H/t2*6-,8+;/m10./s1. The van der Waals surface area contributed by atoms with Gasteiger partial charge in [-0.05, 0) is 51.9 Å². The van der Waals surface area contributed by atoms with Crippen LogP contribution >= 0.6 is 35.1 Å². The number of thiophene rings is 2. The molecule has 0 amide bonds. The quantitative estimate of drug-likeness (QED) is 0.345. The summed E-state index contributed by atoms with van der Waals surface area (Å²) in [5.74, 6) is 0. The molecule has 0 radical (unpaired) electrons. The van der Waals surface area contributed by atoms with E-state index in [9.17, 15) is 33.7 Å². The molecule has 4 atom stereocenters. The van der Waals surface area contributed by atoms with E-state index in [1.807, 2.05) is 13.8 Å². The fourth-order valence-corrected chi connectivity index (χ4v) is 13.2. The molecule has 2 aromatic rings. The van der Waals surface area contributed by atoms with Crippen LogP contribution in [0, 0.1) is 0 Å². The van der Waals surface area contributed by atoms with Crippen molar-refractivity contribution < 1.29 is 33.7 Å². The molecule has 0 bridgehead atoms. The molecule has 2 aliphatic heterocycles. The minimum Gasteiger partial charge on any atom is -0.310 e. The van der Waals surface area contributed by atoms with Crippen molar-refractivity contribution in [3.05, 3.63) is 23.3 Å². The molecule has 39 heavy (non-hydrogen) atoms. The molecule has 0 saturated heterocycles. The number of rotatable bonds is 6. The average molecular weight is 685 g/mol. The van der Waals surface area contributed by atoms with E-state index in [0.29, 0.717) is 37.1 Å². The van der Waals surface area contributed by atoms with Crippen molar-refractivity contribution in [2.45, 2.75) is 80.0 Å². The summed E-state index contributed by atoms with van der Waals surface area (Å²) in [6.07, 6.45) is 0.869. The van der Waals surface area contributed by atoms with E-state index in [0.717, 1.165) is 22.7 Å². The third-order valence-electron chi connectivity index (χ3n) is 6.33. The molecule has 2 aromatic heterocycles. The summed E-state index contributed by atoms with van der Waals surface area (Å²) in [7, 11) is -14.7. The lowest BCUT2D eigenvalue weighted by Gasteiger charge is -2.27. The summed E-state index contributed by atoms with van der Waals surface area (Å²) in [4.78, 5) is 0. The number of hydrogen-bond donors (Lipinski definition) is 4. The van der Waals surface area contributed by atoms with Gasteiger partial charge in [-0.3, -0.25) is 0 Å². The summed E-state index contributed by atoms with van der Waals surface area (Å²) in [5.41, 5.74) is 1.04. The van der Waals surface area contributed by atoms with E-state index in [-0.39, 0.29) is 41.3 Å². The molecule has 0 aliphatic carbocycles. The third kappa shape index (κ3) is 7.04. The predicted octanol–water partition coefficient (Wildman–Crippen LogP) is 1.65. The summed E-state index contributed by atoms with van der Waals surface area (Å²) in [5, 5.41) is 15.5. The highest BCUT2D eigenvalue weighted by molar-refractivity contribution is 7.96. The van der Waals surface area contributed by atoms with Crippen LogP contribution in [-0.4, -0.2) is 57.3 Å². The van der Waals surface area contributed by atoms with Crippen LogP contribution in [0.2, 0.25) is 0 Å². The first-order valence-corrected chi connectivity index (χ1v) is 19.4. The van der Waals surface area contributed by atoms with Gasteiger partial charge in [0, 0.05) is 23.2 Å². The Balaban J connectivity index is 0.000000267. The molecule has 6 N–H and O–H groups in total. The highest BCUT2D eigenvalue weighted by Crippen LogP contribution is 2.43. The van der Waals surface area contributed by atoms with Crippen LogP contribution in [0.25, 0.3) is 0 Å². The predicted molar refractivity (Wildman–Crippen MR) is 154 cm³/mol. The monoisotopic (exact) mass is 684 g/mol. The zero-order chi connectivity index (χ0) is 28.8. The van der Waals surface area contributed by atoms with Crippen molar-refractivity contribution in [2.24, 2.45) is 10.3 Å². The fourth-order valence-electron chi connectivity index (χ4n) is 4.36. The second-order valence-corrected chi connectivity index (χ2v) is 19.9. The number of primary sulfonamides is 2. The van der Waals surface area contributed by atoms with Gasteiger partial charge in [0.25, 0.3) is 0 Å². The van der Waals surface area contributed by atoms with Gasteiger partial charge in [0.05, 0.1) is 10.5 Å². The average Bonchev–Trinajstić information content (AvgIpc) is 3.43. The largest absolute Gasteiger partial charge is 0.310 e. The van der Waals surface area contributed by atoms with E-state index >= 15 is 0 Å². The fraction of sp³-hybridized carbons (Fsp3) is 0.600. The van der Waals surface area contributed by atoms with Crippen molar-refractivity contribution in [3.63, 3.8) is 0 Å². The molecule has 4 heterocycles. The van der Waals surface area contributed by atoms with Crippen LogP contribution in [0.15, 0.2) is 29.0 Å². The van der Waals surface area contributed by atoms with Gasteiger partial charge >= 0.3 is 0 Å². The van der Waals surface area contributed by atoms with Crippen molar-refractivity contribution in [1.29, 1.82) is 0 Å². The maximum atomic E-state index is 12.2. The Labute approximate surface area is 244 Å². The molecule has 0 spiro atoms. The molecular formula is C20H33ClN4O8S6. The second-order valence-electron chi connectivity index (χ2n) is 9.11. The zero-order valence-electron chi connectivity index (χ0n) is 21.6. The summed E-state index contributed by atoms with van der Waals surface area (Å²) < 4.78 is 94.5. The maximum Gasteiger partial charge on any atom is 0.247 e. The molecule has 0 fully saturated rings. The maximum absolute atomic E-state index is 12.2. The first kappa shape index (κ1) is 34.5. The van der Waals surface area contributed by atoms with Gasteiger partial charge in [-0.25, -0.2) is 43.9 Å². The summed E-state index contributed by atoms with van der Waals surface area (Å²) in [6, 6.07) is 2.47. The number of sulfone groups is 2. The van der Waals surface area contributed by atoms with Crippen LogP contribution in [0.3, 0.4) is 0 Å². The van der Waals surface area contributed by atoms with Crippen molar-refractivity contribution in [1.82, 2.24) is 10.6 Å². The van der Waals surface area contributed by atoms with Crippen LogP contribution in [0.4, 0.5) is 0 Å². The van der Waals surface area contributed by atoms with Crippen LogP contribution < -0.4 is 20.9 Å². The van der Waals surface area contributed by atoms with Crippen molar-refractivity contribution in [3.8, 4) is 0 Å². The van der Waals surface area contributed by atoms with Gasteiger partial charge in [-0.1, -0.05) is 13.8 Å². The molecule has 0 aromatic carbocycles. The molecule has 0 unspecified atom stereocenters. The Morgan fingerprint density at radius 2 is 1.08 bits per heavy atom. The van der Waals surface area contributed by atoms with E-state index in [2.05, 4.69) is 10.6 Å². The van der Waals surface area contributed by atoms with Gasteiger partial charge in [-0.15, -0.1) is 35.1 Å².